The average Bonchev–Trinajstić information content (AvgIpc) is 4.47. The number of aromatic nitrogens is 8. The molecule has 2 atom stereocenters. The van der Waals surface area contributed by atoms with Gasteiger partial charge in [-0.3, -0.25) is 18.7 Å². The first kappa shape index (κ1) is 54.8. The SMILES string of the molecule is Cc1ccc2nc(-c3ccc(F)c(C(F)(F)F)c3)n(-c3ccnc(N[C@H]4CCCN(C(=O)C5CC5)C4)n3)c2c1.Cc1ccc2nc(-c3ccc(F)c(C(F)(F)F)c3)n(-c3ccnc(N[C@H]4CCCNC4)n3)c2c1.O=C(Cl)C1CC1. The monoisotopic (exact) mass is 1110 g/mol. The number of hydrogen-bond acceptors (Lipinski definition) is 11. The lowest BCUT2D eigenvalue weighted by Gasteiger charge is -2.33. The summed E-state index contributed by atoms with van der Waals surface area (Å²) in [6, 6.07) is 20.3. The van der Waals surface area contributed by atoms with E-state index in [1.165, 1.54) is 12.1 Å². The minimum absolute atomic E-state index is 0.0237. The summed E-state index contributed by atoms with van der Waals surface area (Å²) in [6.07, 6.45) is 1.18. The van der Waals surface area contributed by atoms with Crippen molar-refractivity contribution in [3.8, 4) is 34.4 Å². The van der Waals surface area contributed by atoms with Crippen LogP contribution in [0.4, 0.5) is 47.0 Å². The quantitative estimate of drug-likeness (QED) is 0.0883. The van der Waals surface area contributed by atoms with Gasteiger partial charge in [0, 0.05) is 67.1 Å². The number of hydrogen-bond donors (Lipinski definition) is 3. The van der Waals surface area contributed by atoms with Gasteiger partial charge in [-0.25, -0.2) is 28.7 Å². The number of piperidine rings is 2. The molecule has 4 aromatic heterocycles. The zero-order valence-corrected chi connectivity index (χ0v) is 43.5. The van der Waals surface area contributed by atoms with E-state index in [-0.39, 0.29) is 57.8 Å². The molecular weight excluding hydrogens is 1060 g/mol. The number of alkyl halides is 6. The number of nitrogens with one attached hydrogen (secondary N) is 3. The van der Waals surface area contributed by atoms with E-state index in [2.05, 4.69) is 45.9 Å². The highest BCUT2D eigenvalue weighted by Crippen LogP contribution is 2.39. The molecule has 3 N–H and O–H groups in total. The van der Waals surface area contributed by atoms with E-state index in [0.29, 0.717) is 52.1 Å². The molecule has 4 aliphatic rings. The molecule has 0 spiro atoms. The standard InChI is InChI=1S/C28H26F4N6O.C24H22F4N6.C4H5ClO/c1-16-4-9-22-23(13-16)38(25(35-22)18-7-8-21(29)20(14-18)28(30,31)32)24-10-11-33-27(36-24)34-19-3-2-12-37(15-19)26(39)17-5-6-17;1-14-4-7-19-20(11-14)34(21-8-10-30-23(33-21)31-16-3-2-9-29-13-16)22(32-19)15-5-6-18(25)17(12-15)24(26,27)28;5-4(6)3-1-2-3/h4,7-11,13-14,17,19H,2-3,5-6,12,15H2,1H3,(H,33,34,36);4-8,10-12,16,29H,2-3,9,13H2,1H3,(H,30,31,33);3H,1-2H2/t19-;16-;/m00./s1. The number of carbonyl (C=O) groups is 2. The van der Waals surface area contributed by atoms with E-state index >= 15 is 0 Å². The minimum Gasteiger partial charge on any atom is -0.350 e. The Morgan fingerprint density at radius 3 is 1.54 bits per heavy atom. The average molecular weight is 1110 g/mol. The molecule has 1 amide bonds. The van der Waals surface area contributed by atoms with E-state index in [9.17, 15) is 44.7 Å². The van der Waals surface area contributed by atoms with Gasteiger partial charge < -0.3 is 20.9 Å². The lowest BCUT2D eigenvalue weighted by molar-refractivity contribution is -0.140. The van der Waals surface area contributed by atoms with Crippen molar-refractivity contribution in [3.05, 3.63) is 131 Å². The minimum atomic E-state index is -4.85. The molecule has 2 aliphatic carbocycles. The van der Waals surface area contributed by atoms with Crippen LogP contribution in [-0.4, -0.2) is 93.4 Å². The molecule has 8 aromatic rings. The molecule has 0 bridgehead atoms. The van der Waals surface area contributed by atoms with Gasteiger partial charge in [0.1, 0.15) is 34.9 Å². The molecule has 2 saturated heterocycles. The Morgan fingerprint density at radius 1 is 0.608 bits per heavy atom. The third kappa shape index (κ3) is 12.8. The van der Waals surface area contributed by atoms with Crippen LogP contribution in [0.15, 0.2) is 97.3 Å². The fourth-order valence-corrected chi connectivity index (χ4v) is 9.82. The summed E-state index contributed by atoms with van der Waals surface area (Å²) in [5.74, 6) is -0.0497. The maximum absolute atomic E-state index is 14.1. The topological polar surface area (TPSA) is 161 Å². The van der Waals surface area contributed by atoms with Crippen LogP contribution in [0.2, 0.25) is 0 Å². The van der Waals surface area contributed by atoms with Gasteiger partial charge in [-0.15, -0.1) is 0 Å². The van der Waals surface area contributed by atoms with Crippen LogP contribution in [0, 0.1) is 37.3 Å². The van der Waals surface area contributed by atoms with Gasteiger partial charge in [0.15, 0.2) is 0 Å². The summed E-state index contributed by atoms with van der Waals surface area (Å²) in [7, 11) is 0. The molecule has 2 saturated carbocycles. The summed E-state index contributed by atoms with van der Waals surface area (Å²) in [5.41, 5.74) is 1.89. The summed E-state index contributed by atoms with van der Waals surface area (Å²) in [4.78, 5) is 51.6. The molecule has 4 aromatic carbocycles. The second-order valence-electron chi connectivity index (χ2n) is 20.2. The van der Waals surface area contributed by atoms with Crippen LogP contribution in [0.25, 0.3) is 56.5 Å². The lowest BCUT2D eigenvalue weighted by atomic mass is 10.1. The maximum atomic E-state index is 14.1. The zero-order chi connectivity index (χ0) is 55.8. The normalized spacial score (nSPS) is 17.6. The first-order valence-corrected chi connectivity index (χ1v) is 26.3. The Labute approximate surface area is 453 Å². The Bertz CT molecular complexity index is 3550. The Kier molecular flexibility index (Phi) is 15.7. The number of aryl methyl sites for hydroxylation is 2. The lowest BCUT2D eigenvalue weighted by Crippen LogP contribution is -2.45. The van der Waals surface area contributed by atoms with Crippen LogP contribution in [-0.2, 0) is 21.9 Å². The number of halogens is 9. The van der Waals surface area contributed by atoms with Gasteiger partial charge in [0.25, 0.3) is 0 Å². The Morgan fingerprint density at radius 2 is 1.10 bits per heavy atom. The van der Waals surface area contributed by atoms with Crippen molar-refractivity contribution in [2.75, 3.05) is 36.8 Å². The number of amides is 1. The van der Waals surface area contributed by atoms with E-state index < -0.39 is 35.1 Å². The highest BCUT2D eigenvalue weighted by molar-refractivity contribution is 6.64. The van der Waals surface area contributed by atoms with Crippen LogP contribution < -0.4 is 16.0 Å². The molecule has 23 heteroatoms. The highest BCUT2D eigenvalue weighted by atomic mass is 35.5. The summed E-state index contributed by atoms with van der Waals surface area (Å²) in [5, 5.41) is 9.82. The van der Waals surface area contributed by atoms with Gasteiger partial charge in [0.2, 0.25) is 23.0 Å². The van der Waals surface area contributed by atoms with E-state index in [4.69, 9.17) is 11.6 Å². The van der Waals surface area contributed by atoms with Gasteiger partial charge in [-0.2, -0.15) is 36.3 Å². The first-order chi connectivity index (χ1) is 37.8. The number of nitrogens with zero attached hydrogens (tertiary/aromatic N) is 9. The van der Waals surface area contributed by atoms with Crippen molar-refractivity contribution in [1.82, 2.24) is 49.3 Å². The van der Waals surface area contributed by atoms with Gasteiger partial charge in [-0.05, 0) is 167 Å². The van der Waals surface area contributed by atoms with Crippen LogP contribution in [0.1, 0.15) is 73.6 Å². The van der Waals surface area contributed by atoms with Crippen molar-refractivity contribution in [2.45, 2.75) is 89.7 Å². The molecule has 6 heterocycles. The molecule has 4 fully saturated rings. The van der Waals surface area contributed by atoms with Gasteiger partial charge in [-0.1, -0.05) is 12.1 Å². The molecule has 79 heavy (non-hydrogen) atoms. The maximum Gasteiger partial charge on any atom is 0.419 e. The first-order valence-electron chi connectivity index (χ1n) is 25.9. The highest BCUT2D eigenvalue weighted by Gasteiger charge is 2.38. The summed E-state index contributed by atoms with van der Waals surface area (Å²) < 4.78 is 112. The third-order valence-corrected chi connectivity index (χ3v) is 14.2. The predicted octanol–water partition coefficient (Wildman–Crippen LogP) is 12.0. The summed E-state index contributed by atoms with van der Waals surface area (Å²) in [6.45, 7) is 6.90. The van der Waals surface area contributed by atoms with Crippen molar-refractivity contribution < 1.29 is 44.7 Å². The van der Waals surface area contributed by atoms with Crippen molar-refractivity contribution in [2.24, 2.45) is 11.8 Å². The van der Waals surface area contributed by atoms with Crippen LogP contribution >= 0.6 is 11.6 Å². The van der Waals surface area contributed by atoms with Gasteiger partial charge in [0.05, 0.1) is 33.2 Å². The second-order valence-corrected chi connectivity index (χ2v) is 20.6. The smallest absolute Gasteiger partial charge is 0.350 e. The van der Waals surface area contributed by atoms with E-state index in [1.807, 2.05) is 43.0 Å². The molecule has 0 radical (unpaired) electrons. The molecular formula is C56H53ClF8N12O2. The fourth-order valence-electron chi connectivity index (χ4n) is 9.61. The predicted molar refractivity (Wildman–Crippen MR) is 283 cm³/mol. The molecule has 14 nitrogen and oxygen atoms in total. The number of likely N-dealkylation sites (tertiary alicyclic amines) is 1. The number of anilines is 2. The van der Waals surface area contributed by atoms with E-state index in [0.717, 1.165) is 106 Å². The molecule has 0 unspecified atom stereocenters. The molecule has 412 valence electrons. The number of rotatable bonds is 10. The van der Waals surface area contributed by atoms with Gasteiger partial charge >= 0.3 is 12.4 Å². The number of carbonyl (C=O) groups excluding carboxylic acids is 2. The zero-order valence-electron chi connectivity index (χ0n) is 42.8. The summed E-state index contributed by atoms with van der Waals surface area (Å²) >= 11 is 5.04. The third-order valence-electron chi connectivity index (χ3n) is 13.9. The molecule has 2 aliphatic heterocycles. The largest absolute Gasteiger partial charge is 0.419 e. The van der Waals surface area contributed by atoms with Crippen molar-refractivity contribution in [3.63, 3.8) is 0 Å². The number of imidazole rings is 2. The fraction of sp³-hybridized carbons (Fsp3) is 0.357. The van der Waals surface area contributed by atoms with Crippen molar-refractivity contribution >= 4 is 56.7 Å². The van der Waals surface area contributed by atoms with Crippen LogP contribution in [0.5, 0.6) is 0 Å². The van der Waals surface area contributed by atoms with E-state index in [1.54, 1.807) is 45.8 Å². The Balaban J connectivity index is 0.000000162. The number of benzene rings is 4. The van der Waals surface area contributed by atoms with Crippen LogP contribution in [0.3, 0.4) is 0 Å². The Hall–Kier alpha value is -7.59. The molecule has 12 rings (SSSR count). The van der Waals surface area contributed by atoms with Crippen molar-refractivity contribution in [1.29, 1.82) is 0 Å². The number of fused-ring (bicyclic) bond motifs is 2. The second kappa shape index (κ2) is 22.6.